The topological polar surface area (TPSA) is 79.0 Å². The van der Waals surface area contributed by atoms with Crippen molar-refractivity contribution in [2.75, 3.05) is 26.2 Å². The molecule has 0 bridgehead atoms. The minimum absolute atomic E-state index is 0.0291. The monoisotopic (exact) mass is 513 g/mol. The van der Waals surface area contributed by atoms with Crippen molar-refractivity contribution >= 4 is 40.7 Å². The lowest BCUT2D eigenvalue weighted by molar-refractivity contribution is -0.117. The quantitative estimate of drug-likeness (QED) is 0.529. The second kappa shape index (κ2) is 11.7. The Hall–Kier alpha value is -1.54. The van der Waals surface area contributed by atoms with Crippen LogP contribution < -0.4 is 10.5 Å². The maximum Gasteiger partial charge on any atom is 0.221 e. The third-order valence-electron chi connectivity index (χ3n) is 5.88. The van der Waals surface area contributed by atoms with Crippen LogP contribution in [0, 0.1) is 0 Å². The third-order valence-corrected chi connectivity index (χ3v) is 6.85. The minimum Gasteiger partial charge on any atom is -0.491 e. The van der Waals surface area contributed by atoms with Crippen LogP contribution in [0.4, 0.5) is 0 Å². The molecule has 0 radical (unpaired) electrons. The molecule has 9 heteroatoms. The number of amides is 1. The van der Waals surface area contributed by atoms with E-state index in [9.17, 15) is 9.90 Å². The number of hydrogen-bond donors (Lipinski definition) is 2. The lowest BCUT2D eigenvalue weighted by Gasteiger charge is -2.44. The van der Waals surface area contributed by atoms with Gasteiger partial charge in [0.2, 0.25) is 5.91 Å². The second-order valence-corrected chi connectivity index (χ2v) is 9.94. The summed E-state index contributed by atoms with van der Waals surface area (Å²) in [5.74, 6) is 0.0364. The summed E-state index contributed by atoms with van der Waals surface area (Å²) < 4.78 is 5.80. The van der Waals surface area contributed by atoms with Gasteiger partial charge in [-0.15, -0.1) is 0 Å². The molecule has 2 aromatic carbocycles. The van der Waals surface area contributed by atoms with E-state index in [1.54, 1.807) is 18.2 Å². The fourth-order valence-corrected chi connectivity index (χ4v) is 4.66. The highest BCUT2D eigenvalue weighted by Gasteiger charge is 2.30. The molecule has 3 rings (SSSR count). The maximum absolute atomic E-state index is 11.3. The minimum atomic E-state index is -0.682. The molecular weight excluding hydrogens is 485 g/mol. The molecule has 1 saturated heterocycles. The molecule has 6 nitrogen and oxygen atoms in total. The van der Waals surface area contributed by atoms with Gasteiger partial charge in [-0.05, 0) is 49.7 Å². The summed E-state index contributed by atoms with van der Waals surface area (Å²) in [5.41, 5.74) is 7.05. The summed E-state index contributed by atoms with van der Waals surface area (Å²) in [6, 6.07) is 11.4. The van der Waals surface area contributed by atoms with Crippen molar-refractivity contribution in [1.82, 2.24) is 9.80 Å². The molecule has 1 heterocycles. The predicted octanol–water partition coefficient (Wildman–Crippen LogP) is 4.01. The highest BCUT2D eigenvalue weighted by molar-refractivity contribution is 6.42. The summed E-state index contributed by atoms with van der Waals surface area (Å²) in [6.45, 7) is 7.43. The number of primary amides is 1. The van der Waals surface area contributed by atoms with Crippen LogP contribution in [0.25, 0.3) is 0 Å². The molecule has 0 aliphatic carbocycles. The standard InChI is InChI=1S/C24H30Cl3N3O3/c1-15-11-30(16(2)10-29(15)12-17-3-5-21(26)22(27)7-17)13-20(31)14-33-23-6-4-19(25)8-18(23)9-24(28)32/h3-8,15-16,20,31H,9-14H2,1-2H3,(H2,28,32). The fourth-order valence-electron chi connectivity index (χ4n) is 4.14. The number of piperazine rings is 1. The van der Waals surface area contributed by atoms with E-state index in [0.29, 0.717) is 39.0 Å². The molecule has 33 heavy (non-hydrogen) atoms. The Balaban J connectivity index is 1.53. The van der Waals surface area contributed by atoms with Crippen LogP contribution in [0.2, 0.25) is 15.1 Å². The van der Waals surface area contributed by atoms with E-state index in [4.69, 9.17) is 45.3 Å². The van der Waals surface area contributed by atoms with Crippen LogP contribution in [0.15, 0.2) is 36.4 Å². The van der Waals surface area contributed by atoms with Crippen molar-refractivity contribution in [3.63, 3.8) is 0 Å². The molecule has 180 valence electrons. The van der Waals surface area contributed by atoms with E-state index in [-0.39, 0.29) is 19.1 Å². The first-order valence-corrected chi connectivity index (χ1v) is 12.1. The summed E-state index contributed by atoms with van der Waals surface area (Å²) in [5, 5.41) is 12.3. The van der Waals surface area contributed by atoms with Crippen molar-refractivity contribution < 1.29 is 14.6 Å². The molecule has 2 aromatic rings. The number of nitrogens with zero attached hydrogens (tertiary/aromatic N) is 2. The van der Waals surface area contributed by atoms with E-state index < -0.39 is 12.0 Å². The van der Waals surface area contributed by atoms with Crippen LogP contribution in [0.1, 0.15) is 25.0 Å². The number of ether oxygens (including phenoxy) is 1. The van der Waals surface area contributed by atoms with Gasteiger partial charge in [0.05, 0.1) is 16.5 Å². The largest absolute Gasteiger partial charge is 0.491 e. The SMILES string of the molecule is CC1CN(CC(O)COc2ccc(Cl)cc2CC(N)=O)C(C)CN1Cc1ccc(Cl)c(Cl)c1. The number of benzene rings is 2. The molecule has 0 saturated carbocycles. The number of nitrogens with two attached hydrogens (primary N) is 1. The van der Waals surface area contributed by atoms with Gasteiger partial charge in [0.15, 0.2) is 0 Å². The fraction of sp³-hybridized carbons (Fsp3) is 0.458. The zero-order valence-corrected chi connectivity index (χ0v) is 21.1. The van der Waals surface area contributed by atoms with Gasteiger partial charge >= 0.3 is 0 Å². The lowest BCUT2D eigenvalue weighted by Crippen LogP contribution is -2.57. The Bertz CT molecular complexity index is 975. The Morgan fingerprint density at radius 2 is 1.79 bits per heavy atom. The van der Waals surface area contributed by atoms with E-state index in [1.807, 2.05) is 18.2 Å². The first kappa shape index (κ1) is 26.1. The van der Waals surface area contributed by atoms with Gasteiger partial charge in [0.1, 0.15) is 18.5 Å². The molecule has 3 unspecified atom stereocenters. The van der Waals surface area contributed by atoms with Crippen LogP contribution in [0.3, 0.4) is 0 Å². The smallest absolute Gasteiger partial charge is 0.221 e. The molecule has 1 aliphatic heterocycles. The van der Waals surface area contributed by atoms with Crippen molar-refractivity contribution in [1.29, 1.82) is 0 Å². The number of hydrogen-bond acceptors (Lipinski definition) is 5. The Kier molecular flexibility index (Phi) is 9.27. The van der Waals surface area contributed by atoms with E-state index in [2.05, 4.69) is 23.6 Å². The maximum atomic E-state index is 11.3. The lowest BCUT2D eigenvalue weighted by atomic mass is 10.1. The average Bonchev–Trinajstić information content (AvgIpc) is 2.73. The van der Waals surface area contributed by atoms with E-state index >= 15 is 0 Å². The molecular formula is C24H30Cl3N3O3. The summed E-state index contributed by atoms with van der Waals surface area (Å²) in [6.07, 6.45) is -0.653. The zero-order valence-electron chi connectivity index (χ0n) is 18.8. The highest BCUT2D eigenvalue weighted by Crippen LogP contribution is 2.26. The molecule has 3 N–H and O–H groups in total. The Morgan fingerprint density at radius 1 is 1.09 bits per heavy atom. The number of carbonyl (C=O) groups excluding carboxylic acids is 1. The molecule has 3 atom stereocenters. The average molecular weight is 515 g/mol. The Morgan fingerprint density at radius 3 is 2.48 bits per heavy atom. The second-order valence-electron chi connectivity index (χ2n) is 8.69. The predicted molar refractivity (Wildman–Crippen MR) is 133 cm³/mol. The van der Waals surface area contributed by atoms with Crippen molar-refractivity contribution in [3.05, 3.63) is 62.6 Å². The summed E-state index contributed by atoms with van der Waals surface area (Å²) >= 11 is 18.2. The number of carbonyl (C=O) groups is 1. The van der Waals surface area contributed by atoms with Gasteiger partial charge in [-0.3, -0.25) is 14.6 Å². The van der Waals surface area contributed by atoms with Crippen LogP contribution in [0.5, 0.6) is 5.75 Å². The van der Waals surface area contributed by atoms with Gasteiger partial charge < -0.3 is 15.6 Å². The first-order chi connectivity index (χ1) is 15.6. The van der Waals surface area contributed by atoms with Crippen molar-refractivity contribution in [2.45, 2.75) is 45.0 Å². The molecule has 0 spiro atoms. The summed E-state index contributed by atoms with van der Waals surface area (Å²) in [4.78, 5) is 16.0. The van der Waals surface area contributed by atoms with E-state index in [1.165, 1.54) is 0 Å². The van der Waals surface area contributed by atoms with Crippen LogP contribution >= 0.6 is 34.8 Å². The van der Waals surface area contributed by atoms with Crippen molar-refractivity contribution in [2.24, 2.45) is 5.73 Å². The third kappa shape index (κ3) is 7.47. The number of aliphatic hydroxyl groups excluding tert-OH is 1. The Labute approximate surface area is 210 Å². The van der Waals surface area contributed by atoms with Crippen LogP contribution in [-0.4, -0.2) is 65.2 Å². The molecule has 1 aliphatic rings. The highest BCUT2D eigenvalue weighted by atomic mass is 35.5. The van der Waals surface area contributed by atoms with Gasteiger partial charge in [0, 0.05) is 48.8 Å². The van der Waals surface area contributed by atoms with Gasteiger partial charge in [-0.2, -0.15) is 0 Å². The molecule has 1 fully saturated rings. The normalized spacial score (nSPS) is 20.5. The number of rotatable bonds is 9. The number of halogens is 3. The number of aliphatic hydroxyl groups is 1. The summed E-state index contributed by atoms with van der Waals surface area (Å²) in [7, 11) is 0. The molecule has 0 aromatic heterocycles. The first-order valence-electron chi connectivity index (χ1n) is 10.9. The van der Waals surface area contributed by atoms with Crippen LogP contribution in [-0.2, 0) is 17.8 Å². The van der Waals surface area contributed by atoms with Crippen molar-refractivity contribution in [3.8, 4) is 5.75 Å². The van der Waals surface area contributed by atoms with Gasteiger partial charge in [-0.25, -0.2) is 0 Å². The molecule has 1 amide bonds. The van der Waals surface area contributed by atoms with Gasteiger partial charge in [-0.1, -0.05) is 40.9 Å². The zero-order chi connectivity index (χ0) is 24.1. The number of β-amino-alcohol motifs (C(OH)–C–C–N with tert-alkyl or cyclic N) is 1. The van der Waals surface area contributed by atoms with Gasteiger partial charge in [0.25, 0.3) is 0 Å². The van der Waals surface area contributed by atoms with E-state index in [0.717, 1.165) is 25.2 Å².